The molecule has 1 saturated heterocycles. The second-order valence-corrected chi connectivity index (χ2v) is 5.16. The third-order valence-electron chi connectivity index (χ3n) is 3.58. The monoisotopic (exact) mass is 264 g/mol. The molecule has 0 aromatic carbocycles. The van der Waals surface area contributed by atoms with Crippen molar-refractivity contribution in [2.24, 2.45) is 5.84 Å². The summed E-state index contributed by atoms with van der Waals surface area (Å²) in [7, 11) is 0. The highest BCUT2D eigenvalue weighted by Gasteiger charge is 2.16. The van der Waals surface area contributed by atoms with Gasteiger partial charge in [-0.1, -0.05) is 6.42 Å². The first-order valence-electron chi connectivity index (χ1n) is 6.99. The van der Waals surface area contributed by atoms with Gasteiger partial charge in [0.05, 0.1) is 0 Å². The van der Waals surface area contributed by atoms with Gasteiger partial charge in [0.1, 0.15) is 17.5 Å². The molecule has 0 bridgehead atoms. The second-order valence-electron chi connectivity index (χ2n) is 5.16. The minimum absolute atomic E-state index is 0.518. The Morgan fingerprint density at radius 3 is 2.63 bits per heavy atom. The van der Waals surface area contributed by atoms with Crippen LogP contribution >= 0.6 is 0 Å². The van der Waals surface area contributed by atoms with Gasteiger partial charge in [-0.3, -0.25) is 4.90 Å². The Hall–Kier alpha value is -1.40. The SMILES string of the molecule is Cc1nc(NN)cc(NCC(C)N2CCCCC2)n1. The van der Waals surface area contributed by atoms with E-state index in [0.717, 1.165) is 12.4 Å². The van der Waals surface area contributed by atoms with E-state index in [9.17, 15) is 0 Å². The van der Waals surface area contributed by atoms with Crippen LogP contribution < -0.4 is 16.6 Å². The molecular weight excluding hydrogens is 240 g/mol. The second kappa shape index (κ2) is 6.68. The van der Waals surface area contributed by atoms with Gasteiger partial charge in [-0.2, -0.15) is 0 Å². The Kier molecular flexibility index (Phi) is 4.93. The molecule has 4 N–H and O–H groups in total. The summed E-state index contributed by atoms with van der Waals surface area (Å²) in [5.41, 5.74) is 2.56. The molecule has 1 fully saturated rings. The van der Waals surface area contributed by atoms with Crippen LogP contribution in [-0.2, 0) is 0 Å². The summed E-state index contributed by atoms with van der Waals surface area (Å²) in [5, 5.41) is 3.37. The largest absolute Gasteiger partial charge is 0.368 e. The third-order valence-corrected chi connectivity index (χ3v) is 3.58. The first-order chi connectivity index (χ1) is 9.19. The molecule has 1 aromatic heterocycles. The minimum atomic E-state index is 0.518. The first kappa shape index (κ1) is 14.0. The number of aromatic nitrogens is 2. The Morgan fingerprint density at radius 2 is 1.95 bits per heavy atom. The van der Waals surface area contributed by atoms with E-state index in [2.05, 4.69) is 32.5 Å². The molecular formula is C13H24N6. The zero-order valence-corrected chi connectivity index (χ0v) is 11.8. The van der Waals surface area contributed by atoms with Crippen LogP contribution in [0.1, 0.15) is 32.0 Å². The number of rotatable bonds is 5. The van der Waals surface area contributed by atoms with E-state index < -0.39 is 0 Å². The van der Waals surface area contributed by atoms with E-state index in [4.69, 9.17) is 5.84 Å². The number of nitrogens with one attached hydrogen (secondary N) is 2. The summed E-state index contributed by atoms with van der Waals surface area (Å²) in [6.45, 7) is 7.43. The van der Waals surface area contributed by atoms with Crippen LogP contribution in [0.4, 0.5) is 11.6 Å². The molecule has 1 aliphatic rings. The Bertz CT molecular complexity index is 402. The molecule has 1 unspecified atom stereocenters. The van der Waals surface area contributed by atoms with Gasteiger partial charge < -0.3 is 10.7 Å². The molecule has 0 saturated carbocycles. The van der Waals surface area contributed by atoms with Crippen molar-refractivity contribution < 1.29 is 0 Å². The molecule has 1 atom stereocenters. The number of anilines is 2. The van der Waals surface area contributed by atoms with Crippen molar-refractivity contribution in [1.82, 2.24) is 14.9 Å². The fourth-order valence-electron chi connectivity index (χ4n) is 2.47. The molecule has 6 nitrogen and oxygen atoms in total. The molecule has 2 rings (SSSR count). The maximum absolute atomic E-state index is 5.38. The van der Waals surface area contributed by atoms with Crippen molar-refractivity contribution in [1.29, 1.82) is 0 Å². The standard InChI is InChI=1S/C13H24N6/c1-10(19-6-4-3-5-7-19)9-15-12-8-13(18-14)17-11(2)16-12/h8,10H,3-7,9,14H2,1-2H3,(H2,15,16,17,18). The van der Waals surface area contributed by atoms with Crippen LogP contribution in [0.2, 0.25) is 0 Å². The summed E-state index contributed by atoms with van der Waals surface area (Å²) in [6, 6.07) is 2.35. The molecule has 0 radical (unpaired) electrons. The number of nitrogens with zero attached hydrogens (tertiary/aromatic N) is 3. The highest BCUT2D eigenvalue weighted by Crippen LogP contribution is 2.14. The lowest BCUT2D eigenvalue weighted by molar-refractivity contribution is 0.180. The van der Waals surface area contributed by atoms with Gasteiger partial charge in [0.15, 0.2) is 0 Å². The molecule has 0 aliphatic carbocycles. The highest BCUT2D eigenvalue weighted by atomic mass is 15.3. The van der Waals surface area contributed by atoms with Gasteiger partial charge in [-0.15, -0.1) is 0 Å². The fourth-order valence-corrected chi connectivity index (χ4v) is 2.47. The number of piperidine rings is 1. The van der Waals surface area contributed by atoms with Gasteiger partial charge in [0.25, 0.3) is 0 Å². The number of hydrogen-bond donors (Lipinski definition) is 3. The minimum Gasteiger partial charge on any atom is -0.368 e. The van der Waals surface area contributed by atoms with Crippen molar-refractivity contribution in [3.05, 3.63) is 11.9 Å². The number of likely N-dealkylation sites (tertiary alicyclic amines) is 1. The van der Waals surface area contributed by atoms with Gasteiger partial charge in [0, 0.05) is 18.7 Å². The first-order valence-corrected chi connectivity index (χ1v) is 6.99. The Labute approximate surface area is 114 Å². The highest BCUT2D eigenvalue weighted by molar-refractivity contribution is 5.46. The predicted molar refractivity (Wildman–Crippen MR) is 78.0 cm³/mol. The average molecular weight is 264 g/mol. The van der Waals surface area contributed by atoms with Gasteiger partial charge in [-0.05, 0) is 39.8 Å². The lowest BCUT2D eigenvalue weighted by Gasteiger charge is -2.32. The maximum Gasteiger partial charge on any atom is 0.145 e. The van der Waals surface area contributed by atoms with Crippen LogP contribution in [0.3, 0.4) is 0 Å². The van der Waals surface area contributed by atoms with E-state index >= 15 is 0 Å². The number of nitrogen functional groups attached to an aromatic ring is 1. The summed E-state index contributed by atoms with van der Waals surface area (Å²) in [6.07, 6.45) is 4.00. The summed E-state index contributed by atoms with van der Waals surface area (Å²) < 4.78 is 0. The zero-order chi connectivity index (χ0) is 13.7. The topological polar surface area (TPSA) is 79.1 Å². The van der Waals surface area contributed by atoms with Crippen molar-refractivity contribution >= 4 is 11.6 Å². The normalized spacial score (nSPS) is 18.1. The summed E-state index contributed by atoms with van der Waals surface area (Å²) in [5.74, 6) is 7.56. The van der Waals surface area contributed by atoms with Crippen molar-refractivity contribution in [3.8, 4) is 0 Å². The van der Waals surface area contributed by atoms with Crippen LogP contribution in [0.15, 0.2) is 6.07 Å². The average Bonchev–Trinajstić information content (AvgIpc) is 2.45. The molecule has 6 heteroatoms. The predicted octanol–water partition coefficient (Wildman–Crippen LogP) is 1.36. The van der Waals surface area contributed by atoms with Crippen molar-refractivity contribution in [3.63, 3.8) is 0 Å². The lowest BCUT2D eigenvalue weighted by atomic mass is 10.1. The van der Waals surface area contributed by atoms with Crippen LogP contribution in [0.5, 0.6) is 0 Å². The van der Waals surface area contributed by atoms with E-state index in [0.29, 0.717) is 17.7 Å². The summed E-state index contributed by atoms with van der Waals surface area (Å²) in [4.78, 5) is 11.1. The van der Waals surface area contributed by atoms with E-state index in [1.54, 1.807) is 0 Å². The third kappa shape index (κ3) is 4.04. The number of aryl methyl sites for hydroxylation is 1. The molecule has 0 amide bonds. The fraction of sp³-hybridized carbons (Fsp3) is 0.692. The van der Waals surface area contributed by atoms with Crippen molar-refractivity contribution in [2.45, 2.75) is 39.2 Å². The molecule has 1 aliphatic heterocycles. The Morgan fingerprint density at radius 1 is 1.26 bits per heavy atom. The van der Waals surface area contributed by atoms with Crippen LogP contribution in [0, 0.1) is 6.92 Å². The maximum atomic E-state index is 5.38. The lowest BCUT2D eigenvalue weighted by Crippen LogP contribution is -2.41. The molecule has 19 heavy (non-hydrogen) atoms. The number of hydrazine groups is 1. The quantitative estimate of drug-likeness (QED) is 0.550. The van der Waals surface area contributed by atoms with E-state index in [1.165, 1.54) is 32.4 Å². The molecule has 106 valence electrons. The molecule has 1 aromatic rings. The van der Waals surface area contributed by atoms with Gasteiger partial charge in [-0.25, -0.2) is 15.8 Å². The van der Waals surface area contributed by atoms with E-state index in [1.807, 2.05) is 13.0 Å². The number of hydrogen-bond acceptors (Lipinski definition) is 6. The Balaban J connectivity index is 1.88. The van der Waals surface area contributed by atoms with Crippen LogP contribution in [-0.4, -0.2) is 40.5 Å². The molecule has 0 spiro atoms. The zero-order valence-electron chi connectivity index (χ0n) is 11.8. The van der Waals surface area contributed by atoms with Crippen LogP contribution in [0.25, 0.3) is 0 Å². The van der Waals surface area contributed by atoms with E-state index in [-0.39, 0.29) is 0 Å². The molecule has 2 heterocycles. The number of nitrogens with two attached hydrogens (primary N) is 1. The van der Waals surface area contributed by atoms with Crippen molar-refractivity contribution in [2.75, 3.05) is 30.4 Å². The van der Waals surface area contributed by atoms with Gasteiger partial charge in [0.2, 0.25) is 0 Å². The summed E-state index contributed by atoms with van der Waals surface area (Å²) >= 11 is 0. The smallest absolute Gasteiger partial charge is 0.145 e. The van der Waals surface area contributed by atoms with Gasteiger partial charge >= 0.3 is 0 Å².